The van der Waals surface area contributed by atoms with E-state index in [9.17, 15) is 9.90 Å². The fourth-order valence-electron chi connectivity index (χ4n) is 2.54. The number of aliphatic hydroxyl groups excluding tert-OH is 1. The van der Waals surface area contributed by atoms with E-state index in [1.165, 1.54) is 12.1 Å². The van der Waals surface area contributed by atoms with Gasteiger partial charge in [-0.2, -0.15) is 0 Å². The summed E-state index contributed by atoms with van der Waals surface area (Å²) in [7, 11) is 0. The molecule has 0 radical (unpaired) electrons. The summed E-state index contributed by atoms with van der Waals surface area (Å²) in [5, 5.41) is 18.8. The van der Waals surface area contributed by atoms with Crippen molar-refractivity contribution in [2.75, 3.05) is 0 Å². The Kier molecular flexibility index (Phi) is 6.07. The van der Waals surface area contributed by atoms with Crippen LogP contribution in [0.15, 0.2) is 78.9 Å². The molecule has 5 heteroatoms. The Hall–Kier alpha value is -3.31. The summed E-state index contributed by atoms with van der Waals surface area (Å²) < 4.78 is 11.7. The molecule has 3 aromatic carbocycles. The Bertz CT molecular complexity index is 878. The van der Waals surface area contributed by atoms with E-state index in [1.54, 1.807) is 6.07 Å². The minimum Gasteiger partial charge on any atom is -0.485 e. The second-order valence-electron chi connectivity index (χ2n) is 6.00. The van der Waals surface area contributed by atoms with Crippen LogP contribution < -0.4 is 9.47 Å². The second kappa shape index (κ2) is 8.87. The van der Waals surface area contributed by atoms with Gasteiger partial charge < -0.3 is 19.7 Å². The minimum atomic E-state index is -1.62. The van der Waals surface area contributed by atoms with Crippen LogP contribution in [0, 0.1) is 0 Å². The number of hydrogen-bond acceptors (Lipinski definition) is 4. The Labute approximate surface area is 157 Å². The molecule has 0 bridgehead atoms. The van der Waals surface area contributed by atoms with E-state index in [-0.39, 0.29) is 5.56 Å². The Balaban J connectivity index is 1.80. The molecule has 27 heavy (non-hydrogen) atoms. The van der Waals surface area contributed by atoms with E-state index < -0.39 is 12.1 Å². The van der Waals surface area contributed by atoms with E-state index in [4.69, 9.17) is 14.6 Å². The van der Waals surface area contributed by atoms with Crippen LogP contribution >= 0.6 is 0 Å². The summed E-state index contributed by atoms with van der Waals surface area (Å²) in [5.74, 6) is -0.453. The van der Waals surface area contributed by atoms with Crippen LogP contribution in [0.2, 0.25) is 0 Å². The maximum atomic E-state index is 11.1. The van der Waals surface area contributed by atoms with Crippen LogP contribution in [-0.4, -0.2) is 16.2 Å². The van der Waals surface area contributed by atoms with Gasteiger partial charge in [0.05, 0.1) is 0 Å². The predicted molar refractivity (Wildman–Crippen MR) is 101 cm³/mol. The zero-order valence-corrected chi connectivity index (χ0v) is 14.6. The highest BCUT2D eigenvalue weighted by Gasteiger charge is 2.18. The van der Waals surface area contributed by atoms with Gasteiger partial charge in [0.25, 0.3) is 0 Å². The van der Waals surface area contributed by atoms with Gasteiger partial charge in [-0.3, -0.25) is 0 Å². The van der Waals surface area contributed by atoms with Gasteiger partial charge in [0, 0.05) is 0 Å². The molecule has 1 atom stereocenters. The largest absolute Gasteiger partial charge is 0.485 e. The van der Waals surface area contributed by atoms with Crippen molar-refractivity contribution in [3.63, 3.8) is 0 Å². The molecule has 138 valence electrons. The van der Waals surface area contributed by atoms with Crippen molar-refractivity contribution in [2.45, 2.75) is 19.3 Å². The topological polar surface area (TPSA) is 76.0 Å². The highest BCUT2D eigenvalue weighted by molar-refractivity contribution is 5.74. The molecule has 1 unspecified atom stereocenters. The average Bonchev–Trinajstić information content (AvgIpc) is 2.72. The average molecular weight is 364 g/mol. The zero-order chi connectivity index (χ0) is 19.1. The van der Waals surface area contributed by atoms with Gasteiger partial charge in [-0.25, -0.2) is 4.79 Å². The first-order valence-corrected chi connectivity index (χ1v) is 8.52. The minimum absolute atomic E-state index is 0.234. The van der Waals surface area contributed by atoms with Crippen molar-refractivity contribution in [2.24, 2.45) is 0 Å². The molecule has 0 saturated heterocycles. The molecular formula is C22H20O5. The number of carbonyl (C=O) groups is 1. The molecule has 5 nitrogen and oxygen atoms in total. The molecular weight excluding hydrogens is 344 g/mol. The lowest BCUT2D eigenvalue weighted by Gasteiger charge is -2.15. The van der Waals surface area contributed by atoms with Crippen molar-refractivity contribution in [3.05, 3.63) is 95.6 Å². The first-order valence-electron chi connectivity index (χ1n) is 8.52. The zero-order valence-electron chi connectivity index (χ0n) is 14.6. The van der Waals surface area contributed by atoms with Crippen LogP contribution in [0.1, 0.15) is 22.8 Å². The van der Waals surface area contributed by atoms with Crippen LogP contribution in [0.25, 0.3) is 0 Å². The van der Waals surface area contributed by atoms with Gasteiger partial charge in [-0.05, 0) is 28.8 Å². The third-order valence-corrected chi connectivity index (χ3v) is 3.99. The third-order valence-electron chi connectivity index (χ3n) is 3.99. The third kappa shape index (κ3) is 5.09. The number of rotatable bonds is 8. The molecule has 3 rings (SSSR count). The monoisotopic (exact) mass is 364 g/mol. The first-order chi connectivity index (χ1) is 13.1. The summed E-state index contributed by atoms with van der Waals surface area (Å²) in [6.07, 6.45) is -1.62. The lowest BCUT2D eigenvalue weighted by molar-refractivity contribution is -0.146. The molecule has 0 heterocycles. The fraction of sp³-hybridized carbons (Fsp3) is 0.136. The van der Waals surface area contributed by atoms with Gasteiger partial charge >= 0.3 is 5.97 Å². The maximum absolute atomic E-state index is 11.1. The first kappa shape index (κ1) is 18.5. The summed E-state index contributed by atoms with van der Waals surface area (Å²) >= 11 is 0. The summed E-state index contributed by atoms with van der Waals surface area (Å²) in [5.41, 5.74) is 2.20. The van der Waals surface area contributed by atoms with Crippen molar-refractivity contribution in [3.8, 4) is 11.5 Å². The van der Waals surface area contributed by atoms with E-state index in [1.807, 2.05) is 60.7 Å². The highest BCUT2D eigenvalue weighted by atomic mass is 16.5. The number of benzene rings is 3. The molecule has 3 aromatic rings. The normalized spacial score (nSPS) is 11.6. The molecule has 0 saturated carbocycles. The molecule has 2 N–H and O–H groups in total. The molecule has 0 aliphatic heterocycles. The summed E-state index contributed by atoms with van der Waals surface area (Å²) in [6.45, 7) is 0.651. The number of ether oxygens (including phenoxy) is 2. The molecule has 0 fully saturated rings. The number of carboxylic acids is 1. The van der Waals surface area contributed by atoms with E-state index in [0.29, 0.717) is 24.7 Å². The summed E-state index contributed by atoms with van der Waals surface area (Å²) in [6, 6.07) is 23.9. The smallest absolute Gasteiger partial charge is 0.337 e. The molecule has 0 aliphatic rings. The van der Waals surface area contributed by atoms with Crippen molar-refractivity contribution in [1.29, 1.82) is 0 Å². The van der Waals surface area contributed by atoms with Gasteiger partial charge in [-0.15, -0.1) is 0 Å². The van der Waals surface area contributed by atoms with Crippen LogP contribution in [0.5, 0.6) is 11.5 Å². The van der Waals surface area contributed by atoms with Gasteiger partial charge in [-0.1, -0.05) is 66.7 Å². The molecule has 0 aliphatic carbocycles. The van der Waals surface area contributed by atoms with E-state index in [0.717, 1.165) is 11.1 Å². The number of carboxylic acid groups (broad SMARTS) is 1. The summed E-state index contributed by atoms with van der Waals surface area (Å²) in [4.78, 5) is 11.1. The number of aliphatic carboxylic acids is 1. The molecule has 0 aromatic heterocycles. The Morgan fingerprint density at radius 1 is 0.778 bits per heavy atom. The number of aliphatic hydroxyl groups is 1. The van der Waals surface area contributed by atoms with E-state index in [2.05, 4.69) is 0 Å². The van der Waals surface area contributed by atoms with Crippen molar-refractivity contribution in [1.82, 2.24) is 0 Å². The quantitative estimate of drug-likeness (QED) is 0.633. The Morgan fingerprint density at radius 2 is 1.30 bits per heavy atom. The lowest BCUT2D eigenvalue weighted by atomic mass is 10.1. The number of hydrogen-bond donors (Lipinski definition) is 2. The lowest BCUT2D eigenvalue weighted by Crippen LogP contribution is -2.11. The molecule has 0 amide bonds. The molecule has 0 spiro atoms. The standard InChI is InChI=1S/C22H20O5/c23-21(22(24)25)18-11-12-19(26-14-16-7-3-1-4-8-16)20(13-18)27-15-17-9-5-2-6-10-17/h1-13,21,23H,14-15H2,(H,24,25). The van der Waals surface area contributed by atoms with E-state index >= 15 is 0 Å². The van der Waals surface area contributed by atoms with Crippen LogP contribution in [-0.2, 0) is 18.0 Å². The SMILES string of the molecule is O=C(O)C(O)c1ccc(OCc2ccccc2)c(OCc2ccccc2)c1. The van der Waals surface area contributed by atoms with Gasteiger partial charge in [0.15, 0.2) is 17.6 Å². The van der Waals surface area contributed by atoms with Gasteiger partial charge in [0.2, 0.25) is 0 Å². The Morgan fingerprint density at radius 3 is 1.81 bits per heavy atom. The van der Waals surface area contributed by atoms with Crippen LogP contribution in [0.4, 0.5) is 0 Å². The predicted octanol–water partition coefficient (Wildman–Crippen LogP) is 3.96. The van der Waals surface area contributed by atoms with Crippen molar-refractivity contribution >= 4 is 5.97 Å². The van der Waals surface area contributed by atoms with Crippen LogP contribution in [0.3, 0.4) is 0 Å². The fourth-order valence-corrected chi connectivity index (χ4v) is 2.54. The van der Waals surface area contributed by atoms with Gasteiger partial charge in [0.1, 0.15) is 13.2 Å². The second-order valence-corrected chi connectivity index (χ2v) is 6.00. The highest BCUT2D eigenvalue weighted by Crippen LogP contribution is 2.32. The maximum Gasteiger partial charge on any atom is 0.337 e. The van der Waals surface area contributed by atoms with Crippen molar-refractivity contribution < 1.29 is 24.5 Å².